The molecule has 1 aromatic rings. The highest BCUT2D eigenvalue weighted by molar-refractivity contribution is 5.40. The fraction of sp³-hybridized carbons (Fsp3) is 0.769. The van der Waals surface area contributed by atoms with E-state index in [-0.39, 0.29) is 5.95 Å². The van der Waals surface area contributed by atoms with Gasteiger partial charge in [-0.3, -0.25) is 0 Å². The van der Waals surface area contributed by atoms with Crippen LogP contribution in [0.3, 0.4) is 0 Å². The van der Waals surface area contributed by atoms with Crippen LogP contribution in [0.4, 0.5) is 17.8 Å². The van der Waals surface area contributed by atoms with Gasteiger partial charge in [-0.25, -0.2) is 0 Å². The zero-order valence-electron chi connectivity index (χ0n) is 12.6. The van der Waals surface area contributed by atoms with Gasteiger partial charge in [-0.05, 0) is 38.4 Å². The van der Waals surface area contributed by atoms with E-state index in [2.05, 4.69) is 32.1 Å². The second kappa shape index (κ2) is 6.69. The van der Waals surface area contributed by atoms with Gasteiger partial charge in [0.25, 0.3) is 0 Å². The van der Waals surface area contributed by atoms with Gasteiger partial charge < -0.3 is 20.9 Å². The summed E-state index contributed by atoms with van der Waals surface area (Å²) in [5.74, 6) is 2.09. The van der Waals surface area contributed by atoms with Crippen LogP contribution in [-0.4, -0.2) is 60.1 Å². The molecule has 0 spiro atoms. The Hall–Kier alpha value is -1.63. The van der Waals surface area contributed by atoms with Crippen LogP contribution in [0.25, 0.3) is 0 Å². The van der Waals surface area contributed by atoms with E-state index in [4.69, 9.17) is 5.73 Å². The molecule has 0 amide bonds. The van der Waals surface area contributed by atoms with Gasteiger partial charge in [-0.15, -0.1) is 0 Å². The lowest BCUT2D eigenvalue weighted by atomic mass is 9.97. The number of hydrogen-bond acceptors (Lipinski definition) is 7. The van der Waals surface area contributed by atoms with Crippen molar-refractivity contribution < 1.29 is 0 Å². The monoisotopic (exact) mass is 279 g/mol. The quantitative estimate of drug-likeness (QED) is 0.819. The fourth-order valence-electron chi connectivity index (χ4n) is 2.40. The summed E-state index contributed by atoms with van der Waals surface area (Å²) in [6, 6.07) is 0. The van der Waals surface area contributed by atoms with Gasteiger partial charge >= 0.3 is 0 Å². The minimum atomic E-state index is 0.256. The molecule has 20 heavy (non-hydrogen) atoms. The Balaban J connectivity index is 1.88. The zero-order chi connectivity index (χ0) is 14.5. The maximum Gasteiger partial charge on any atom is 0.231 e. The third kappa shape index (κ3) is 3.93. The number of piperidine rings is 1. The number of hydrogen-bond donors (Lipinski definition) is 2. The molecular weight excluding hydrogens is 254 g/mol. The second-order valence-corrected chi connectivity index (χ2v) is 5.47. The molecule has 1 aromatic heterocycles. The van der Waals surface area contributed by atoms with Crippen molar-refractivity contribution in [1.29, 1.82) is 0 Å². The summed E-state index contributed by atoms with van der Waals surface area (Å²) >= 11 is 0. The maximum atomic E-state index is 5.71. The van der Waals surface area contributed by atoms with Crippen molar-refractivity contribution in [3.8, 4) is 0 Å². The summed E-state index contributed by atoms with van der Waals surface area (Å²) in [6.07, 6.45) is 2.45. The molecule has 0 bridgehead atoms. The Bertz CT molecular complexity index is 427. The number of nitrogens with two attached hydrogens (primary N) is 1. The zero-order valence-corrected chi connectivity index (χ0v) is 12.6. The third-order valence-corrected chi connectivity index (χ3v) is 3.74. The standard InChI is InChI=1S/C13H25N7/c1-4-20-7-5-10(6-8-20)9-15-12-16-11(14)17-13(18-12)19(2)3/h10H,4-9H2,1-3H3,(H3,14,15,16,17,18). The number of rotatable bonds is 5. The SMILES string of the molecule is CCN1CCC(CNc2nc(N)nc(N(C)C)n2)CC1. The van der Waals surface area contributed by atoms with Gasteiger partial charge in [0.15, 0.2) is 0 Å². The molecule has 2 rings (SSSR count). The van der Waals surface area contributed by atoms with Crippen molar-refractivity contribution in [1.82, 2.24) is 19.9 Å². The predicted octanol–water partition coefficient (Wildman–Crippen LogP) is 0.664. The Morgan fingerprint density at radius 2 is 1.95 bits per heavy atom. The van der Waals surface area contributed by atoms with Crippen LogP contribution in [-0.2, 0) is 0 Å². The molecule has 0 saturated carbocycles. The number of nitrogen functional groups attached to an aromatic ring is 1. The summed E-state index contributed by atoms with van der Waals surface area (Å²) in [6.45, 7) is 6.63. The van der Waals surface area contributed by atoms with Crippen LogP contribution in [0.1, 0.15) is 19.8 Å². The minimum Gasteiger partial charge on any atom is -0.368 e. The second-order valence-electron chi connectivity index (χ2n) is 5.47. The molecule has 1 fully saturated rings. The van der Waals surface area contributed by atoms with Crippen LogP contribution in [0.5, 0.6) is 0 Å². The number of anilines is 3. The molecule has 7 nitrogen and oxygen atoms in total. The molecule has 0 unspecified atom stereocenters. The molecule has 3 N–H and O–H groups in total. The van der Waals surface area contributed by atoms with E-state index in [1.165, 1.54) is 25.9 Å². The van der Waals surface area contributed by atoms with Crippen LogP contribution in [0, 0.1) is 5.92 Å². The first-order valence-corrected chi connectivity index (χ1v) is 7.23. The van der Waals surface area contributed by atoms with E-state index < -0.39 is 0 Å². The first-order chi connectivity index (χ1) is 9.58. The number of aromatic nitrogens is 3. The molecule has 2 heterocycles. The van der Waals surface area contributed by atoms with Crippen molar-refractivity contribution in [3.05, 3.63) is 0 Å². The van der Waals surface area contributed by atoms with Crippen molar-refractivity contribution in [2.24, 2.45) is 5.92 Å². The molecule has 1 aliphatic heterocycles. The van der Waals surface area contributed by atoms with Gasteiger partial charge in [0.05, 0.1) is 0 Å². The molecular formula is C13H25N7. The first kappa shape index (κ1) is 14.8. The van der Waals surface area contributed by atoms with Gasteiger partial charge in [-0.1, -0.05) is 6.92 Å². The van der Waals surface area contributed by atoms with Crippen LogP contribution in [0.2, 0.25) is 0 Å². The Morgan fingerprint density at radius 3 is 2.55 bits per heavy atom. The highest BCUT2D eigenvalue weighted by Gasteiger charge is 2.18. The molecule has 112 valence electrons. The van der Waals surface area contributed by atoms with Gasteiger partial charge in [0, 0.05) is 20.6 Å². The van der Waals surface area contributed by atoms with Gasteiger partial charge in [0.2, 0.25) is 17.8 Å². The van der Waals surface area contributed by atoms with E-state index in [9.17, 15) is 0 Å². The van der Waals surface area contributed by atoms with E-state index in [1.807, 2.05) is 19.0 Å². The van der Waals surface area contributed by atoms with Crippen molar-refractivity contribution in [2.75, 3.05) is 56.2 Å². The average Bonchev–Trinajstić information content (AvgIpc) is 2.45. The number of likely N-dealkylation sites (tertiary alicyclic amines) is 1. The molecule has 0 radical (unpaired) electrons. The first-order valence-electron chi connectivity index (χ1n) is 7.23. The van der Waals surface area contributed by atoms with Crippen LogP contribution in [0.15, 0.2) is 0 Å². The normalized spacial score (nSPS) is 17.1. The predicted molar refractivity (Wildman–Crippen MR) is 81.9 cm³/mol. The van der Waals surface area contributed by atoms with E-state index >= 15 is 0 Å². The summed E-state index contributed by atoms with van der Waals surface area (Å²) in [7, 11) is 3.78. The summed E-state index contributed by atoms with van der Waals surface area (Å²) in [4.78, 5) is 16.9. The molecule has 7 heteroatoms. The lowest BCUT2D eigenvalue weighted by molar-refractivity contribution is 0.198. The third-order valence-electron chi connectivity index (χ3n) is 3.74. The number of nitrogens with one attached hydrogen (secondary N) is 1. The van der Waals surface area contributed by atoms with Crippen molar-refractivity contribution in [3.63, 3.8) is 0 Å². The molecule has 0 aromatic carbocycles. The lowest BCUT2D eigenvalue weighted by Gasteiger charge is -2.31. The highest BCUT2D eigenvalue weighted by atomic mass is 15.3. The summed E-state index contributed by atoms with van der Waals surface area (Å²) in [5.41, 5.74) is 5.71. The highest BCUT2D eigenvalue weighted by Crippen LogP contribution is 2.17. The van der Waals surface area contributed by atoms with Gasteiger partial charge in [-0.2, -0.15) is 15.0 Å². The maximum absolute atomic E-state index is 5.71. The Morgan fingerprint density at radius 1 is 1.25 bits per heavy atom. The summed E-state index contributed by atoms with van der Waals surface area (Å²) < 4.78 is 0. The van der Waals surface area contributed by atoms with E-state index in [0.717, 1.165) is 13.1 Å². The van der Waals surface area contributed by atoms with Gasteiger partial charge in [0.1, 0.15) is 0 Å². The lowest BCUT2D eigenvalue weighted by Crippen LogP contribution is -2.35. The fourth-order valence-corrected chi connectivity index (χ4v) is 2.40. The van der Waals surface area contributed by atoms with Crippen LogP contribution >= 0.6 is 0 Å². The van der Waals surface area contributed by atoms with Crippen LogP contribution < -0.4 is 16.0 Å². The smallest absolute Gasteiger partial charge is 0.231 e. The summed E-state index contributed by atoms with van der Waals surface area (Å²) in [5, 5.41) is 3.30. The van der Waals surface area contributed by atoms with Crippen molar-refractivity contribution in [2.45, 2.75) is 19.8 Å². The average molecular weight is 279 g/mol. The molecule has 1 saturated heterocycles. The topological polar surface area (TPSA) is 83.2 Å². The largest absolute Gasteiger partial charge is 0.368 e. The Kier molecular flexibility index (Phi) is 4.94. The Labute approximate surface area is 120 Å². The molecule has 1 aliphatic rings. The molecule has 0 atom stereocenters. The number of nitrogens with zero attached hydrogens (tertiary/aromatic N) is 5. The molecule has 0 aliphatic carbocycles. The van der Waals surface area contributed by atoms with Crippen molar-refractivity contribution >= 4 is 17.8 Å². The van der Waals surface area contributed by atoms with E-state index in [1.54, 1.807) is 0 Å². The van der Waals surface area contributed by atoms with E-state index in [0.29, 0.717) is 17.8 Å². The minimum absolute atomic E-state index is 0.256.